The molecule has 2 atom stereocenters. The lowest BCUT2D eigenvalue weighted by atomic mass is 10.2. The number of hydrogen-bond acceptors (Lipinski definition) is 4. The van der Waals surface area contributed by atoms with E-state index in [2.05, 4.69) is 4.98 Å². The lowest BCUT2D eigenvalue weighted by Crippen LogP contribution is -2.45. The molecule has 134 valence electrons. The summed E-state index contributed by atoms with van der Waals surface area (Å²) < 4.78 is 28.1. The van der Waals surface area contributed by atoms with Gasteiger partial charge in [0, 0.05) is 12.7 Å². The molecule has 0 aromatic carbocycles. The van der Waals surface area contributed by atoms with Gasteiger partial charge in [0.15, 0.2) is 5.15 Å². The predicted molar refractivity (Wildman–Crippen MR) is 93.3 cm³/mol. The summed E-state index contributed by atoms with van der Waals surface area (Å²) in [5.41, 5.74) is -0.229. The van der Waals surface area contributed by atoms with Crippen LogP contribution in [0.15, 0.2) is 18.3 Å². The minimum absolute atomic E-state index is 0.140. The summed E-state index contributed by atoms with van der Waals surface area (Å²) in [6.07, 6.45) is 2.64. The third-order valence-corrected chi connectivity index (χ3v) is 4.59. The number of nitrogens with zero attached hydrogens (tertiary/aromatic N) is 3. The highest BCUT2D eigenvalue weighted by molar-refractivity contribution is 7.80. The van der Waals surface area contributed by atoms with Crippen molar-refractivity contribution in [3.8, 4) is 0 Å². The van der Waals surface area contributed by atoms with Gasteiger partial charge in [-0.3, -0.25) is 8.86 Å². The Morgan fingerprint density at radius 2 is 2.29 bits per heavy atom. The summed E-state index contributed by atoms with van der Waals surface area (Å²) >= 11 is 3.75. The summed E-state index contributed by atoms with van der Waals surface area (Å²) in [6.45, 7) is 6.15. The zero-order chi connectivity index (χ0) is 17.9. The first-order chi connectivity index (χ1) is 11.2. The summed E-state index contributed by atoms with van der Waals surface area (Å²) in [5.74, 6) is 0. The van der Waals surface area contributed by atoms with E-state index < -0.39 is 23.0 Å². The highest BCUT2D eigenvalue weighted by Gasteiger charge is 2.34. The second-order valence-electron chi connectivity index (χ2n) is 6.57. The number of ether oxygens (including phenoxy) is 1. The molecule has 1 aromatic rings. The number of pyridine rings is 1. The monoisotopic (exact) mass is 375 g/mol. The summed E-state index contributed by atoms with van der Waals surface area (Å²) in [5, 5.41) is 0.140. The van der Waals surface area contributed by atoms with Gasteiger partial charge in [0.25, 0.3) is 11.3 Å². The molecule has 1 fully saturated rings. The van der Waals surface area contributed by atoms with E-state index in [1.165, 1.54) is 10.5 Å². The van der Waals surface area contributed by atoms with E-state index in [0.717, 1.165) is 12.8 Å². The molecule has 2 heterocycles. The molecule has 1 unspecified atom stereocenters. The Labute approximate surface area is 149 Å². The molecule has 0 bridgehead atoms. The van der Waals surface area contributed by atoms with Crippen LogP contribution >= 0.6 is 11.6 Å². The van der Waals surface area contributed by atoms with Crippen LogP contribution in [0.2, 0.25) is 5.15 Å². The highest BCUT2D eigenvalue weighted by Crippen LogP contribution is 2.27. The van der Waals surface area contributed by atoms with Gasteiger partial charge in [-0.25, -0.2) is 14.0 Å². The minimum Gasteiger partial charge on any atom is -0.444 e. The topological polar surface area (TPSA) is 83.0 Å². The van der Waals surface area contributed by atoms with Crippen LogP contribution in [0.25, 0.3) is 0 Å². The molecule has 0 saturated carbocycles. The maximum atomic E-state index is 12.3. The fourth-order valence-electron chi connectivity index (χ4n) is 2.59. The Hall–Kier alpha value is -1.38. The lowest BCUT2D eigenvalue weighted by Gasteiger charge is -2.31. The van der Waals surface area contributed by atoms with E-state index in [-0.39, 0.29) is 17.7 Å². The third-order valence-electron chi connectivity index (χ3n) is 3.58. The molecule has 7 nitrogen and oxygen atoms in total. The highest BCUT2D eigenvalue weighted by atomic mass is 35.5. The maximum absolute atomic E-state index is 12.3. The molecule has 1 aliphatic rings. The molecule has 2 rings (SSSR count). The van der Waals surface area contributed by atoms with Crippen LogP contribution in [0.3, 0.4) is 0 Å². The Balaban J connectivity index is 2.15. The smallest absolute Gasteiger partial charge is 0.410 e. The van der Waals surface area contributed by atoms with Gasteiger partial charge in [0.2, 0.25) is 0 Å². The second kappa shape index (κ2) is 7.67. The van der Waals surface area contributed by atoms with Gasteiger partial charge < -0.3 is 9.64 Å². The number of amides is 1. The van der Waals surface area contributed by atoms with Gasteiger partial charge >= 0.3 is 6.09 Å². The first kappa shape index (κ1) is 19.0. The van der Waals surface area contributed by atoms with Crippen molar-refractivity contribution < 1.29 is 18.3 Å². The molecule has 0 spiro atoms. The number of hydrogen-bond donors (Lipinski definition) is 1. The number of likely N-dealkylation sites (tertiary alicyclic amines) is 1. The number of rotatable bonds is 4. The Bertz CT molecular complexity index is 623. The molecule has 0 aliphatic carbocycles. The van der Waals surface area contributed by atoms with Gasteiger partial charge in [-0.05, 0) is 45.7 Å². The van der Waals surface area contributed by atoms with Crippen LogP contribution in [-0.2, 0) is 16.0 Å². The van der Waals surface area contributed by atoms with Gasteiger partial charge in [-0.15, -0.1) is 0 Å². The fraction of sp³-hybridized carbons (Fsp3) is 0.600. The Kier molecular flexibility index (Phi) is 6.06. The zero-order valence-corrected chi connectivity index (χ0v) is 15.5. The van der Waals surface area contributed by atoms with Crippen molar-refractivity contribution in [2.45, 2.75) is 45.3 Å². The quantitative estimate of drug-likeness (QED) is 0.645. The van der Waals surface area contributed by atoms with Crippen molar-refractivity contribution in [3.05, 3.63) is 23.5 Å². The van der Waals surface area contributed by atoms with Crippen molar-refractivity contribution >= 4 is 34.6 Å². The van der Waals surface area contributed by atoms with Gasteiger partial charge in [-0.1, -0.05) is 11.6 Å². The van der Waals surface area contributed by atoms with Gasteiger partial charge in [0.1, 0.15) is 5.60 Å². The molecule has 1 aromatic heterocycles. The standard InChI is InChI=1S/C15H22ClN3O4S/c1-15(2,3)23-14(20)18-9-5-6-11(18)10-19(24(21)22)12-7-4-8-17-13(12)16/h4,7-8,11H,5-6,9-10H2,1-3H3,(H,21,22)/t11-/m1/s1. The fourth-order valence-corrected chi connectivity index (χ4v) is 3.47. The van der Waals surface area contributed by atoms with E-state index in [1.807, 2.05) is 0 Å². The number of anilines is 1. The predicted octanol–water partition coefficient (Wildman–Crippen LogP) is 3.08. The van der Waals surface area contributed by atoms with Crippen LogP contribution in [0.5, 0.6) is 0 Å². The van der Waals surface area contributed by atoms with Crippen LogP contribution in [0, 0.1) is 0 Å². The Morgan fingerprint density at radius 3 is 2.88 bits per heavy atom. The van der Waals surface area contributed by atoms with Crippen LogP contribution in [0.1, 0.15) is 33.6 Å². The van der Waals surface area contributed by atoms with Crippen LogP contribution in [0.4, 0.5) is 10.5 Å². The summed E-state index contributed by atoms with van der Waals surface area (Å²) in [6, 6.07) is 3.03. The maximum Gasteiger partial charge on any atom is 0.410 e. The van der Waals surface area contributed by atoms with Crippen molar-refractivity contribution in [1.82, 2.24) is 9.88 Å². The third kappa shape index (κ3) is 4.81. The normalized spacial score (nSPS) is 19.2. The number of carbonyl (C=O) groups excluding carboxylic acids is 1. The summed E-state index contributed by atoms with van der Waals surface area (Å²) in [7, 11) is 0. The number of carbonyl (C=O) groups is 1. The van der Waals surface area contributed by atoms with E-state index in [4.69, 9.17) is 16.3 Å². The molecule has 24 heavy (non-hydrogen) atoms. The average molecular weight is 376 g/mol. The molecule has 1 saturated heterocycles. The van der Waals surface area contributed by atoms with Crippen molar-refractivity contribution in [1.29, 1.82) is 0 Å². The van der Waals surface area contributed by atoms with E-state index in [1.54, 1.807) is 37.8 Å². The molecular weight excluding hydrogens is 354 g/mol. The van der Waals surface area contributed by atoms with Gasteiger partial charge in [-0.2, -0.15) is 0 Å². The number of aromatic nitrogens is 1. The summed E-state index contributed by atoms with van der Waals surface area (Å²) in [4.78, 5) is 17.9. The molecule has 0 radical (unpaired) electrons. The van der Waals surface area contributed by atoms with Gasteiger partial charge in [0.05, 0.1) is 18.3 Å². The number of halogens is 1. The first-order valence-corrected chi connectivity index (χ1v) is 9.12. The Morgan fingerprint density at radius 1 is 1.58 bits per heavy atom. The van der Waals surface area contributed by atoms with E-state index >= 15 is 0 Å². The van der Waals surface area contributed by atoms with E-state index in [9.17, 15) is 13.6 Å². The SMILES string of the molecule is CC(C)(C)OC(=O)N1CCC[C@@H]1CN(c1cccnc1Cl)S(=O)O. The van der Waals surface area contributed by atoms with Crippen molar-refractivity contribution in [2.24, 2.45) is 0 Å². The van der Waals surface area contributed by atoms with Crippen molar-refractivity contribution in [3.63, 3.8) is 0 Å². The lowest BCUT2D eigenvalue weighted by molar-refractivity contribution is 0.0233. The molecular formula is C15H22ClN3O4S. The second-order valence-corrected chi connectivity index (χ2v) is 7.84. The first-order valence-electron chi connectivity index (χ1n) is 7.67. The van der Waals surface area contributed by atoms with Crippen LogP contribution < -0.4 is 4.31 Å². The van der Waals surface area contributed by atoms with E-state index in [0.29, 0.717) is 12.2 Å². The zero-order valence-electron chi connectivity index (χ0n) is 13.9. The molecule has 1 N–H and O–H groups in total. The average Bonchev–Trinajstić information content (AvgIpc) is 2.92. The van der Waals surface area contributed by atoms with Crippen molar-refractivity contribution in [2.75, 3.05) is 17.4 Å². The minimum atomic E-state index is -2.28. The molecule has 1 amide bonds. The van der Waals surface area contributed by atoms with Crippen LogP contribution in [-0.4, -0.2) is 49.5 Å². The molecule has 9 heteroatoms. The largest absolute Gasteiger partial charge is 0.444 e. The molecule has 1 aliphatic heterocycles.